The molecular weight excluding hydrogens is 946 g/mol. The smallest absolute Gasteiger partial charge is 0.434 e. The molecular formula is C38H28F14N8O7. The van der Waals surface area contributed by atoms with Crippen LogP contribution in [0.5, 0.6) is 23.3 Å². The predicted molar refractivity (Wildman–Crippen MR) is 194 cm³/mol. The maximum atomic E-state index is 13.9. The summed E-state index contributed by atoms with van der Waals surface area (Å²) >= 11 is 0. The molecule has 1 aliphatic rings. The summed E-state index contributed by atoms with van der Waals surface area (Å²) in [6.07, 6.45) is -14.4. The molecule has 1 fully saturated rings. The standard InChI is InChI=1S/C19H13F7N4O3.C17H9F7N4O2.C2H6O2/c20-14-8-27-10-30(14)9-17(31-5-6-32-17)12-2-4-15(29-16(12)19(24,25)26)33-11-1-3-13(28-7-11)18(21,22)23;18-13-6-25-8-28(13)7-11(29)10-2-4-14(27-15(10)17(22,23)24)30-9-1-3-12(26-5-9)16(19,20)21;3-1-2-4/h1-4,7-8,10H,5-6,9H2;1-6,8H,7H2;3-4H,1-2H2. The number of aromatic nitrogens is 8. The first-order chi connectivity index (χ1) is 31.3. The Morgan fingerprint density at radius 1 is 0.612 bits per heavy atom. The van der Waals surface area contributed by atoms with Gasteiger partial charge < -0.3 is 33.7 Å². The van der Waals surface area contributed by atoms with Crippen LogP contribution in [0.1, 0.15) is 38.7 Å². The molecule has 0 aliphatic carbocycles. The molecule has 6 aromatic rings. The Labute approximate surface area is 365 Å². The first-order valence-corrected chi connectivity index (χ1v) is 18.3. The van der Waals surface area contributed by atoms with E-state index in [0.717, 1.165) is 66.0 Å². The van der Waals surface area contributed by atoms with Gasteiger partial charge in [0.05, 0.1) is 82.5 Å². The van der Waals surface area contributed by atoms with E-state index in [1.165, 1.54) is 0 Å². The Balaban J connectivity index is 0.000000233. The SMILES string of the molecule is Fc1cncn1CC1(c2ccc(Oc3ccc(C(F)(F)F)nc3)nc2C(F)(F)F)OCCO1.O=C(Cn1cncc1F)c1ccc(Oc2ccc(C(F)(F)F)nc2)nc1C(F)(F)F.OCCO. The van der Waals surface area contributed by atoms with Crippen LogP contribution >= 0.6 is 0 Å². The fourth-order valence-electron chi connectivity index (χ4n) is 5.51. The molecule has 0 amide bonds. The molecule has 0 unspecified atom stereocenters. The fourth-order valence-corrected chi connectivity index (χ4v) is 5.51. The molecule has 0 saturated carbocycles. The summed E-state index contributed by atoms with van der Waals surface area (Å²) in [6, 6.07) is 6.68. The summed E-state index contributed by atoms with van der Waals surface area (Å²) < 4.78 is 207. The van der Waals surface area contributed by atoms with E-state index in [9.17, 15) is 66.3 Å². The van der Waals surface area contributed by atoms with Crippen molar-refractivity contribution in [1.29, 1.82) is 0 Å². The Bertz CT molecular complexity index is 2580. The zero-order valence-corrected chi connectivity index (χ0v) is 33.1. The Morgan fingerprint density at radius 2 is 1.07 bits per heavy atom. The minimum absolute atomic E-state index is 0.0525. The number of pyridine rings is 4. The normalized spacial score (nSPS) is 13.9. The maximum Gasteiger partial charge on any atom is 0.434 e. The van der Waals surface area contributed by atoms with Crippen molar-refractivity contribution in [1.82, 2.24) is 39.0 Å². The highest BCUT2D eigenvalue weighted by molar-refractivity contribution is 5.97. The number of hydrogen-bond donors (Lipinski definition) is 2. The number of carbonyl (C=O) groups is 1. The number of hydrogen-bond acceptors (Lipinski definition) is 13. The molecule has 7 rings (SSSR count). The summed E-state index contributed by atoms with van der Waals surface area (Å²) in [5.74, 6) is -6.58. The third-order valence-corrected chi connectivity index (χ3v) is 8.35. The molecule has 0 radical (unpaired) electrons. The molecule has 360 valence electrons. The Morgan fingerprint density at radius 3 is 1.48 bits per heavy atom. The number of imidazole rings is 2. The highest BCUT2D eigenvalue weighted by Crippen LogP contribution is 2.42. The van der Waals surface area contributed by atoms with Gasteiger partial charge in [0, 0.05) is 17.7 Å². The molecule has 15 nitrogen and oxygen atoms in total. The van der Waals surface area contributed by atoms with Crippen molar-refractivity contribution in [2.24, 2.45) is 0 Å². The number of aliphatic hydroxyl groups is 2. The van der Waals surface area contributed by atoms with Gasteiger partial charge in [-0.25, -0.2) is 29.9 Å². The molecule has 1 aliphatic heterocycles. The molecule has 7 heterocycles. The number of carbonyl (C=O) groups excluding carboxylic acids is 1. The van der Waals surface area contributed by atoms with Crippen molar-refractivity contribution < 1.29 is 95.4 Å². The first kappa shape index (κ1) is 51.1. The average molecular weight is 975 g/mol. The van der Waals surface area contributed by atoms with Gasteiger partial charge in [0.1, 0.15) is 22.9 Å². The van der Waals surface area contributed by atoms with Gasteiger partial charge in [0.2, 0.25) is 29.4 Å². The van der Waals surface area contributed by atoms with Crippen molar-refractivity contribution >= 4 is 5.78 Å². The lowest BCUT2D eigenvalue weighted by Gasteiger charge is -2.30. The maximum absolute atomic E-state index is 13.9. The molecule has 2 N–H and O–H groups in total. The summed E-state index contributed by atoms with van der Waals surface area (Å²) in [4.78, 5) is 32.2. The molecule has 67 heavy (non-hydrogen) atoms. The number of halogens is 14. The number of Topliss-reactive ketones (excluding diaryl/α,β-unsaturated/α-hetero) is 1. The quantitative estimate of drug-likeness (QED) is 0.0942. The number of ketones is 1. The number of ether oxygens (including phenoxy) is 4. The van der Waals surface area contributed by atoms with E-state index in [2.05, 4.69) is 29.9 Å². The molecule has 0 atom stereocenters. The molecule has 0 spiro atoms. The summed E-state index contributed by atoms with van der Waals surface area (Å²) in [5.41, 5.74) is -6.80. The number of nitrogens with zero attached hydrogens (tertiary/aromatic N) is 8. The van der Waals surface area contributed by atoms with Crippen LogP contribution in [0, 0.1) is 11.9 Å². The molecule has 6 aromatic heterocycles. The van der Waals surface area contributed by atoms with Crippen LogP contribution in [0.4, 0.5) is 61.5 Å². The lowest BCUT2D eigenvalue weighted by molar-refractivity contribution is -0.188. The van der Waals surface area contributed by atoms with Crippen LogP contribution in [0.15, 0.2) is 86.0 Å². The monoisotopic (exact) mass is 974 g/mol. The second-order valence-electron chi connectivity index (χ2n) is 13.1. The minimum Gasteiger partial charge on any atom is -0.437 e. The van der Waals surface area contributed by atoms with Crippen molar-refractivity contribution in [2.45, 2.75) is 43.6 Å². The highest BCUT2D eigenvalue weighted by atomic mass is 19.4. The van der Waals surface area contributed by atoms with Crippen molar-refractivity contribution in [3.05, 3.63) is 132 Å². The molecule has 29 heteroatoms. The number of alkyl halides is 12. The van der Waals surface area contributed by atoms with Gasteiger partial charge in [0.25, 0.3) is 0 Å². The second-order valence-corrected chi connectivity index (χ2v) is 13.1. The van der Waals surface area contributed by atoms with E-state index >= 15 is 0 Å². The summed E-state index contributed by atoms with van der Waals surface area (Å²) in [7, 11) is 0. The fraction of sp³-hybridized carbons (Fsp3) is 0.289. The Hall–Kier alpha value is -6.85. The molecule has 1 saturated heterocycles. The van der Waals surface area contributed by atoms with E-state index in [-0.39, 0.29) is 37.9 Å². The second kappa shape index (κ2) is 20.8. The van der Waals surface area contributed by atoms with Gasteiger partial charge in [-0.05, 0) is 36.4 Å². The zero-order chi connectivity index (χ0) is 49.4. The molecule has 0 bridgehead atoms. The predicted octanol–water partition coefficient (Wildman–Crippen LogP) is 8.04. The number of aliphatic hydroxyl groups excluding tert-OH is 2. The van der Waals surface area contributed by atoms with Gasteiger partial charge in [-0.3, -0.25) is 9.36 Å². The van der Waals surface area contributed by atoms with E-state index in [4.69, 9.17) is 29.2 Å². The third-order valence-electron chi connectivity index (χ3n) is 8.35. The average Bonchev–Trinajstić information content (AvgIpc) is 4.02. The van der Waals surface area contributed by atoms with Gasteiger partial charge in [-0.1, -0.05) is 0 Å². The minimum atomic E-state index is -5.06. The summed E-state index contributed by atoms with van der Waals surface area (Å²) in [6.45, 7) is -1.58. The lowest BCUT2D eigenvalue weighted by Crippen LogP contribution is -2.36. The van der Waals surface area contributed by atoms with Crippen LogP contribution in [-0.2, 0) is 53.1 Å². The van der Waals surface area contributed by atoms with Crippen molar-refractivity contribution in [3.8, 4) is 23.3 Å². The van der Waals surface area contributed by atoms with Crippen LogP contribution in [-0.4, -0.2) is 81.5 Å². The Kier molecular flexibility index (Phi) is 15.8. The van der Waals surface area contributed by atoms with E-state index in [0.29, 0.717) is 29.1 Å². The first-order valence-electron chi connectivity index (χ1n) is 18.3. The van der Waals surface area contributed by atoms with Gasteiger partial charge in [-0.2, -0.15) is 61.5 Å². The van der Waals surface area contributed by atoms with E-state index < -0.39 is 107 Å². The van der Waals surface area contributed by atoms with Crippen LogP contribution in [0.25, 0.3) is 0 Å². The van der Waals surface area contributed by atoms with Gasteiger partial charge >= 0.3 is 24.7 Å². The van der Waals surface area contributed by atoms with Crippen molar-refractivity contribution in [2.75, 3.05) is 26.4 Å². The highest BCUT2D eigenvalue weighted by Gasteiger charge is 2.48. The van der Waals surface area contributed by atoms with Gasteiger partial charge in [0.15, 0.2) is 17.2 Å². The van der Waals surface area contributed by atoms with Crippen molar-refractivity contribution in [3.63, 3.8) is 0 Å². The van der Waals surface area contributed by atoms with E-state index in [1.807, 2.05) is 0 Å². The van der Waals surface area contributed by atoms with Crippen LogP contribution < -0.4 is 9.47 Å². The van der Waals surface area contributed by atoms with Crippen LogP contribution in [0.2, 0.25) is 0 Å². The van der Waals surface area contributed by atoms with Gasteiger partial charge in [-0.15, -0.1) is 0 Å². The topological polar surface area (TPSA) is 182 Å². The van der Waals surface area contributed by atoms with Crippen LogP contribution in [0.3, 0.4) is 0 Å². The largest absolute Gasteiger partial charge is 0.437 e. The summed E-state index contributed by atoms with van der Waals surface area (Å²) in [5, 5.41) is 15.2. The lowest BCUT2D eigenvalue weighted by atomic mass is 10.0. The third kappa shape index (κ3) is 13.4. The van der Waals surface area contributed by atoms with E-state index in [1.54, 1.807) is 0 Å². The zero-order valence-electron chi connectivity index (χ0n) is 33.1. The molecule has 0 aromatic carbocycles. The number of rotatable bonds is 11.